The van der Waals surface area contributed by atoms with Gasteiger partial charge in [-0.05, 0) is 6.07 Å². The van der Waals surface area contributed by atoms with E-state index in [0.717, 1.165) is 10.9 Å². The van der Waals surface area contributed by atoms with E-state index in [1.165, 1.54) is 5.52 Å². The summed E-state index contributed by atoms with van der Waals surface area (Å²) in [5.41, 5.74) is 2.28. The average molecular weight is 158 g/mol. The molecule has 0 saturated heterocycles. The van der Waals surface area contributed by atoms with Crippen LogP contribution in [0.25, 0.3) is 17.0 Å². The largest absolute Gasteiger partial charge is 0.350 e. The van der Waals surface area contributed by atoms with E-state index in [2.05, 4.69) is 22.2 Å². The first kappa shape index (κ1) is 7.10. The summed E-state index contributed by atoms with van der Waals surface area (Å²) in [5.74, 6) is 0. The molecule has 0 aliphatic rings. The van der Waals surface area contributed by atoms with Crippen LogP contribution in [-0.2, 0) is 7.05 Å². The third-order valence-corrected chi connectivity index (χ3v) is 2.02. The van der Waals surface area contributed by atoms with Crippen molar-refractivity contribution in [3.05, 3.63) is 36.8 Å². The minimum Gasteiger partial charge on any atom is -0.350 e. The van der Waals surface area contributed by atoms with Gasteiger partial charge in [-0.2, -0.15) is 0 Å². The van der Waals surface area contributed by atoms with Crippen LogP contribution in [-0.4, -0.2) is 9.55 Å². The van der Waals surface area contributed by atoms with Crippen LogP contribution < -0.4 is 0 Å². The van der Waals surface area contributed by atoms with E-state index in [9.17, 15) is 0 Å². The molecular formula is C10H10N2. The zero-order valence-corrected chi connectivity index (χ0v) is 6.99. The SMILES string of the molecule is C=Cc1cncc2ccn(C)c12. The molecule has 0 unspecified atom stereocenters. The molecule has 60 valence electrons. The summed E-state index contributed by atoms with van der Waals surface area (Å²) in [6.45, 7) is 3.75. The van der Waals surface area contributed by atoms with Crippen molar-refractivity contribution in [3.63, 3.8) is 0 Å². The van der Waals surface area contributed by atoms with Crippen molar-refractivity contribution in [2.24, 2.45) is 7.05 Å². The summed E-state index contributed by atoms with van der Waals surface area (Å²) in [4.78, 5) is 4.11. The van der Waals surface area contributed by atoms with Gasteiger partial charge in [-0.15, -0.1) is 0 Å². The Labute approximate surface area is 71.2 Å². The Morgan fingerprint density at radius 2 is 2.33 bits per heavy atom. The Kier molecular flexibility index (Phi) is 1.47. The maximum absolute atomic E-state index is 4.11. The molecule has 0 aliphatic carbocycles. The molecule has 0 amide bonds. The molecular weight excluding hydrogens is 148 g/mol. The molecule has 2 rings (SSSR count). The summed E-state index contributed by atoms with van der Waals surface area (Å²) in [5, 5.41) is 1.16. The van der Waals surface area contributed by atoms with E-state index in [1.54, 1.807) is 0 Å². The zero-order valence-electron chi connectivity index (χ0n) is 6.99. The molecule has 0 atom stereocenters. The monoisotopic (exact) mass is 158 g/mol. The number of aryl methyl sites for hydroxylation is 1. The lowest BCUT2D eigenvalue weighted by Gasteiger charge is -1.99. The minimum absolute atomic E-state index is 1.08. The lowest BCUT2D eigenvalue weighted by Crippen LogP contribution is -1.87. The van der Waals surface area contributed by atoms with Crippen molar-refractivity contribution < 1.29 is 0 Å². The first-order valence-corrected chi connectivity index (χ1v) is 3.84. The van der Waals surface area contributed by atoms with Crippen molar-refractivity contribution in [2.45, 2.75) is 0 Å². The first-order chi connectivity index (χ1) is 5.83. The highest BCUT2D eigenvalue weighted by Gasteiger charge is 2.00. The second-order valence-electron chi connectivity index (χ2n) is 2.80. The molecule has 2 nitrogen and oxygen atoms in total. The molecule has 2 aromatic heterocycles. The predicted octanol–water partition coefficient (Wildman–Crippen LogP) is 2.22. The van der Waals surface area contributed by atoms with Crippen LogP contribution >= 0.6 is 0 Å². The number of pyridine rings is 1. The fourth-order valence-corrected chi connectivity index (χ4v) is 1.43. The Hall–Kier alpha value is -1.57. The topological polar surface area (TPSA) is 17.8 Å². The van der Waals surface area contributed by atoms with Crippen molar-refractivity contribution in [3.8, 4) is 0 Å². The van der Waals surface area contributed by atoms with E-state index >= 15 is 0 Å². The third-order valence-electron chi connectivity index (χ3n) is 2.02. The summed E-state index contributed by atoms with van der Waals surface area (Å²) in [7, 11) is 2.02. The van der Waals surface area contributed by atoms with E-state index in [1.807, 2.05) is 31.7 Å². The fourth-order valence-electron chi connectivity index (χ4n) is 1.43. The minimum atomic E-state index is 1.08. The molecule has 0 bridgehead atoms. The lowest BCUT2D eigenvalue weighted by molar-refractivity contribution is 0.967. The van der Waals surface area contributed by atoms with Crippen LogP contribution in [0.1, 0.15) is 5.56 Å². The Bertz CT molecular complexity index is 426. The smallest absolute Gasteiger partial charge is 0.0582 e. The fraction of sp³-hybridized carbons (Fsp3) is 0.100. The second kappa shape index (κ2) is 2.48. The summed E-state index contributed by atoms with van der Waals surface area (Å²) < 4.78 is 2.08. The van der Waals surface area contributed by atoms with Crippen molar-refractivity contribution >= 4 is 17.0 Å². The van der Waals surface area contributed by atoms with E-state index in [4.69, 9.17) is 0 Å². The molecule has 0 aromatic carbocycles. The number of hydrogen-bond acceptors (Lipinski definition) is 1. The van der Waals surface area contributed by atoms with Gasteiger partial charge in [-0.25, -0.2) is 0 Å². The van der Waals surface area contributed by atoms with Gasteiger partial charge >= 0.3 is 0 Å². The van der Waals surface area contributed by atoms with Gasteiger partial charge in [0.1, 0.15) is 0 Å². The van der Waals surface area contributed by atoms with Gasteiger partial charge in [0.15, 0.2) is 0 Å². The highest BCUT2D eigenvalue weighted by Crippen LogP contribution is 2.18. The average Bonchev–Trinajstić information content (AvgIpc) is 2.48. The van der Waals surface area contributed by atoms with Crippen LogP contribution in [0.2, 0.25) is 0 Å². The van der Waals surface area contributed by atoms with Crippen molar-refractivity contribution in [1.82, 2.24) is 9.55 Å². The molecule has 12 heavy (non-hydrogen) atoms. The van der Waals surface area contributed by atoms with Crippen LogP contribution in [0, 0.1) is 0 Å². The summed E-state index contributed by atoms with van der Waals surface area (Å²) >= 11 is 0. The molecule has 2 heteroatoms. The van der Waals surface area contributed by atoms with E-state index in [-0.39, 0.29) is 0 Å². The number of fused-ring (bicyclic) bond motifs is 1. The van der Waals surface area contributed by atoms with Gasteiger partial charge in [-0.1, -0.05) is 12.7 Å². The highest BCUT2D eigenvalue weighted by molar-refractivity contribution is 5.87. The van der Waals surface area contributed by atoms with E-state index in [0.29, 0.717) is 0 Å². The zero-order chi connectivity index (χ0) is 8.55. The van der Waals surface area contributed by atoms with Crippen molar-refractivity contribution in [1.29, 1.82) is 0 Å². The molecule has 0 N–H and O–H groups in total. The molecule has 0 fully saturated rings. The van der Waals surface area contributed by atoms with Gasteiger partial charge in [0, 0.05) is 36.6 Å². The van der Waals surface area contributed by atoms with Gasteiger partial charge in [0.25, 0.3) is 0 Å². The Morgan fingerprint density at radius 3 is 3.08 bits per heavy atom. The van der Waals surface area contributed by atoms with Crippen LogP contribution in [0.5, 0.6) is 0 Å². The molecule has 0 radical (unpaired) electrons. The van der Waals surface area contributed by atoms with Crippen LogP contribution in [0.4, 0.5) is 0 Å². The van der Waals surface area contributed by atoms with Crippen LogP contribution in [0.3, 0.4) is 0 Å². The Morgan fingerprint density at radius 1 is 1.50 bits per heavy atom. The van der Waals surface area contributed by atoms with Gasteiger partial charge in [-0.3, -0.25) is 4.98 Å². The number of rotatable bonds is 1. The number of aromatic nitrogens is 2. The maximum Gasteiger partial charge on any atom is 0.0582 e. The predicted molar refractivity (Wildman–Crippen MR) is 50.8 cm³/mol. The normalized spacial score (nSPS) is 10.4. The lowest BCUT2D eigenvalue weighted by atomic mass is 10.2. The molecule has 0 aliphatic heterocycles. The molecule has 2 aromatic rings. The van der Waals surface area contributed by atoms with Crippen molar-refractivity contribution in [2.75, 3.05) is 0 Å². The van der Waals surface area contributed by atoms with Crippen LogP contribution in [0.15, 0.2) is 31.2 Å². The summed E-state index contributed by atoms with van der Waals surface area (Å²) in [6.07, 6.45) is 7.55. The number of nitrogens with zero attached hydrogens (tertiary/aromatic N) is 2. The van der Waals surface area contributed by atoms with Gasteiger partial charge < -0.3 is 4.57 Å². The maximum atomic E-state index is 4.11. The second-order valence-corrected chi connectivity index (χ2v) is 2.80. The molecule has 0 saturated carbocycles. The molecule has 2 heterocycles. The molecule has 0 spiro atoms. The highest BCUT2D eigenvalue weighted by atomic mass is 14.9. The summed E-state index contributed by atoms with van der Waals surface area (Å²) in [6, 6.07) is 2.05. The van der Waals surface area contributed by atoms with E-state index < -0.39 is 0 Å². The van der Waals surface area contributed by atoms with Gasteiger partial charge in [0.2, 0.25) is 0 Å². The first-order valence-electron chi connectivity index (χ1n) is 3.84. The number of hydrogen-bond donors (Lipinski definition) is 0. The van der Waals surface area contributed by atoms with Gasteiger partial charge in [0.05, 0.1) is 5.52 Å². The quantitative estimate of drug-likeness (QED) is 0.622. The Balaban J connectivity index is 2.93. The standard InChI is InChI=1S/C10H10N2/c1-3-8-6-11-7-9-4-5-12(2)10(8)9/h3-7H,1H2,2H3. The third kappa shape index (κ3) is 0.848.